The van der Waals surface area contributed by atoms with Gasteiger partial charge in [-0.3, -0.25) is 14.9 Å². The predicted molar refractivity (Wildman–Crippen MR) is 97.5 cm³/mol. The standard InChI is InChI=1S/C19H17N3O4/c1-2-9-26-18-8-3-5-14(11-18)10-15(13-20)19(23)21-16-6-4-7-17(12-16)22(24)25/h3-8,10-12H,2,9H2,1H3,(H,21,23)/b15-10-. The molecule has 26 heavy (non-hydrogen) atoms. The van der Waals surface area contributed by atoms with Crippen molar-refractivity contribution in [2.75, 3.05) is 11.9 Å². The van der Waals surface area contributed by atoms with Gasteiger partial charge in [-0.05, 0) is 36.3 Å². The molecule has 2 rings (SSSR count). The van der Waals surface area contributed by atoms with Crippen LogP contribution in [0, 0.1) is 21.4 Å². The number of hydrogen-bond acceptors (Lipinski definition) is 5. The number of nitrogens with one attached hydrogen (secondary N) is 1. The molecule has 7 heteroatoms. The highest BCUT2D eigenvalue weighted by atomic mass is 16.6. The number of nitro benzene ring substituents is 1. The van der Waals surface area contributed by atoms with Gasteiger partial charge in [0.05, 0.1) is 11.5 Å². The zero-order valence-electron chi connectivity index (χ0n) is 14.1. The maximum absolute atomic E-state index is 12.3. The smallest absolute Gasteiger partial charge is 0.271 e. The van der Waals surface area contributed by atoms with Crippen LogP contribution in [0.2, 0.25) is 0 Å². The van der Waals surface area contributed by atoms with Crippen LogP contribution in [0.5, 0.6) is 5.75 Å². The topological polar surface area (TPSA) is 105 Å². The predicted octanol–water partition coefficient (Wildman–Crippen LogP) is 3.93. The first-order chi connectivity index (χ1) is 12.5. The van der Waals surface area contributed by atoms with Crippen LogP contribution in [0.15, 0.2) is 54.1 Å². The number of rotatable bonds is 7. The highest BCUT2D eigenvalue weighted by molar-refractivity contribution is 6.09. The first-order valence-electron chi connectivity index (χ1n) is 7.94. The van der Waals surface area contributed by atoms with Crippen LogP contribution < -0.4 is 10.1 Å². The highest BCUT2D eigenvalue weighted by Crippen LogP contribution is 2.19. The Morgan fingerprint density at radius 3 is 2.77 bits per heavy atom. The van der Waals surface area contributed by atoms with Gasteiger partial charge in [0.1, 0.15) is 17.4 Å². The molecule has 0 aliphatic heterocycles. The van der Waals surface area contributed by atoms with Gasteiger partial charge < -0.3 is 10.1 Å². The summed E-state index contributed by atoms with van der Waals surface area (Å²) in [5, 5.41) is 22.6. The van der Waals surface area contributed by atoms with Gasteiger partial charge in [-0.15, -0.1) is 0 Å². The molecule has 1 amide bonds. The second-order valence-electron chi connectivity index (χ2n) is 5.35. The fourth-order valence-corrected chi connectivity index (χ4v) is 2.12. The van der Waals surface area contributed by atoms with Gasteiger partial charge >= 0.3 is 0 Å². The van der Waals surface area contributed by atoms with E-state index >= 15 is 0 Å². The lowest BCUT2D eigenvalue weighted by atomic mass is 10.1. The summed E-state index contributed by atoms with van der Waals surface area (Å²) in [5.74, 6) is 0.00450. The molecule has 0 aromatic heterocycles. The zero-order chi connectivity index (χ0) is 18.9. The fourth-order valence-electron chi connectivity index (χ4n) is 2.12. The first kappa shape index (κ1) is 18.7. The number of nitro groups is 1. The summed E-state index contributed by atoms with van der Waals surface area (Å²) < 4.78 is 5.53. The molecule has 7 nitrogen and oxygen atoms in total. The lowest BCUT2D eigenvalue weighted by Crippen LogP contribution is -2.13. The van der Waals surface area contributed by atoms with Crippen LogP contribution in [0.3, 0.4) is 0 Å². The minimum atomic E-state index is -0.645. The molecular formula is C19H17N3O4. The van der Waals surface area contributed by atoms with E-state index in [2.05, 4.69) is 5.32 Å². The fraction of sp³-hybridized carbons (Fsp3) is 0.158. The second kappa shape index (κ2) is 8.99. The Bertz CT molecular complexity index is 884. The van der Waals surface area contributed by atoms with Crippen LogP contribution in [0.25, 0.3) is 6.08 Å². The summed E-state index contributed by atoms with van der Waals surface area (Å²) in [7, 11) is 0. The summed E-state index contributed by atoms with van der Waals surface area (Å²) in [5.41, 5.74) is 0.616. The van der Waals surface area contributed by atoms with Crippen LogP contribution in [-0.2, 0) is 4.79 Å². The van der Waals surface area contributed by atoms with E-state index in [1.165, 1.54) is 30.3 Å². The molecule has 0 bridgehead atoms. The third-order valence-corrected chi connectivity index (χ3v) is 3.32. The number of nitriles is 1. The largest absolute Gasteiger partial charge is 0.494 e. The monoisotopic (exact) mass is 351 g/mol. The Morgan fingerprint density at radius 1 is 1.31 bits per heavy atom. The van der Waals surface area contributed by atoms with Crippen molar-refractivity contribution in [1.29, 1.82) is 5.26 Å². The molecule has 2 aromatic rings. The van der Waals surface area contributed by atoms with Crippen molar-refractivity contribution in [3.8, 4) is 11.8 Å². The number of nitrogens with zero attached hydrogens (tertiary/aromatic N) is 2. The maximum atomic E-state index is 12.3. The second-order valence-corrected chi connectivity index (χ2v) is 5.35. The third-order valence-electron chi connectivity index (χ3n) is 3.32. The molecule has 1 N–H and O–H groups in total. The van der Waals surface area contributed by atoms with E-state index in [0.717, 1.165) is 6.42 Å². The van der Waals surface area contributed by atoms with E-state index in [1.807, 2.05) is 13.0 Å². The third kappa shape index (κ3) is 5.18. The Balaban J connectivity index is 2.18. The van der Waals surface area contributed by atoms with E-state index in [-0.39, 0.29) is 16.9 Å². The Kier molecular flexibility index (Phi) is 6.46. The highest BCUT2D eigenvalue weighted by Gasteiger charge is 2.12. The van der Waals surface area contributed by atoms with Gasteiger partial charge in [0, 0.05) is 17.8 Å². The number of carbonyl (C=O) groups is 1. The molecule has 0 spiro atoms. The quantitative estimate of drug-likeness (QED) is 0.352. The number of non-ortho nitro benzene ring substituents is 1. The molecule has 0 aliphatic rings. The van der Waals surface area contributed by atoms with Gasteiger partial charge in [0.15, 0.2) is 0 Å². The number of benzene rings is 2. The van der Waals surface area contributed by atoms with Crippen LogP contribution >= 0.6 is 0 Å². The number of carbonyl (C=O) groups excluding carboxylic acids is 1. The molecular weight excluding hydrogens is 334 g/mol. The van der Waals surface area contributed by atoms with Gasteiger partial charge in [0.25, 0.3) is 11.6 Å². The molecule has 0 aliphatic carbocycles. The lowest BCUT2D eigenvalue weighted by Gasteiger charge is -2.06. The van der Waals surface area contributed by atoms with E-state index in [9.17, 15) is 20.2 Å². The molecule has 0 unspecified atom stereocenters. The average Bonchev–Trinajstić information content (AvgIpc) is 2.64. The lowest BCUT2D eigenvalue weighted by molar-refractivity contribution is -0.384. The Hall–Kier alpha value is -3.66. The van der Waals surface area contributed by atoms with Gasteiger partial charge in [0.2, 0.25) is 0 Å². The Labute approximate surface area is 150 Å². The molecule has 2 aromatic carbocycles. The Morgan fingerprint density at radius 2 is 2.08 bits per heavy atom. The molecule has 132 valence electrons. The molecule has 0 heterocycles. The molecule has 0 radical (unpaired) electrons. The van der Waals surface area contributed by atoms with E-state index in [0.29, 0.717) is 17.9 Å². The molecule has 0 saturated carbocycles. The van der Waals surface area contributed by atoms with Gasteiger partial charge in [-0.25, -0.2) is 0 Å². The van der Waals surface area contributed by atoms with Gasteiger partial charge in [-0.2, -0.15) is 5.26 Å². The van der Waals surface area contributed by atoms with E-state index < -0.39 is 10.8 Å². The maximum Gasteiger partial charge on any atom is 0.271 e. The van der Waals surface area contributed by atoms with Crippen molar-refractivity contribution in [1.82, 2.24) is 0 Å². The van der Waals surface area contributed by atoms with Crippen molar-refractivity contribution in [3.63, 3.8) is 0 Å². The minimum Gasteiger partial charge on any atom is -0.494 e. The SMILES string of the molecule is CCCOc1cccc(/C=C(/C#N)C(=O)Nc2cccc([N+](=O)[O-])c2)c1. The summed E-state index contributed by atoms with van der Waals surface area (Å²) in [6, 6.07) is 14.4. The summed E-state index contributed by atoms with van der Waals surface area (Å²) in [4.78, 5) is 22.5. The normalized spacial score (nSPS) is 10.7. The number of ether oxygens (including phenoxy) is 1. The molecule has 0 atom stereocenters. The van der Waals surface area contributed by atoms with E-state index in [4.69, 9.17) is 4.74 Å². The van der Waals surface area contributed by atoms with Crippen LogP contribution in [0.1, 0.15) is 18.9 Å². The van der Waals surface area contributed by atoms with Gasteiger partial charge in [-0.1, -0.05) is 25.1 Å². The summed E-state index contributed by atoms with van der Waals surface area (Å²) in [6.07, 6.45) is 2.31. The summed E-state index contributed by atoms with van der Waals surface area (Å²) in [6.45, 7) is 2.57. The number of anilines is 1. The van der Waals surface area contributed by atoms with Crippen molar-refractivity contribution >= 4 is 23.4 Å². The van der Waals surface area contributed by atoms with Crippen molar-refractivity contribution in [2.45, 2.75) is 13.3 Å². The average molecular weight is 351 g/mol. The molecule has 0 fully saturated rings. The van der Waals surface area contributed by atoms with Crippen LogP contribution in [-0.4, -0.2) is 17.4 Å². The van der Waals surface area contributed by atoms with E-state index in [1.54, 1.807) is 24.3 Å². The number of amides is 1. The van der Waals surface area contributed by atoms with Crippen molar-refractivity contribution in [3.05, 3.63) is 69.8 Å². The van der Waals surface area contributed by atoms with Crippen LogP contribution in [0.4, 0.5) is 11.4 Å². The van der Waals surface area contributed by atoms with Crippen molar-refractivity contribution < 1.29 is 14.5 Å². The summed E-state index contributed by atoms with van der Waals surface area (Å²) >= 11 is 0. The number of hydrogen-bond donors (Lipinski definition) is 1. The van der Waals surface area contributed by atoms with Crippen molar-refractivity contribution in [2.24, 2.45) is 0 Å². The first-order valence-corrected chi connectivity index (χ1v) is 7.94. The minimum absolute atomic E-state index is 0.121. The molecule has 0 saturated heterocycles. The zero-order valence-corrected chi connectivity index (χ0v) is 14.1.